The van der Waals surface area contributed by atoms with Gasteiger partial charge < -0.3 is 8.98 Å². The van der Waals surface area contributed by atoms with E-state index in [2.05, 4.69) is 257 Å². The molecule has 4 unspecified atom stereocenters. The van der Waals surface area contributed by atoms with Crippen LogP contribution in [0.1, 0.15) is 186 Å². The number of pyridine rings is 2. The van der Waals surface area contributed by atoms with E-state index in [4.69, 9.17) is 4.42 Å². The fourth-order valence-corrected chi connectivity index (χ4v) is 16.6. The minimum atomic E-state index is 0.546. The second-order valence-electron chi connectivity index (χ2n) is 33.8. The lowest BCUT2D eigenvalue weighted by atomic mass is 9.70. The molecule has 0 saturated heterocycles. The molecule has 0 radical (unpaired) electrons. The molecule has 2 aromatic carbocycles. The Labute approximate surface area is 757 Å². The standard InChI is InChI=1S/C17H21N3.C11H19N3.2C9H12N4.C8H12N4.3C7H9N5.C7H9N3O.C7H9N3S/c1-8-9(2)11(4)15-14(10(8)3)12(5)13(6)16-17(15)19-20(7)18-16;1-6-7(2)9(4)11-10(8(6)3)12-14(5)13-11;1-5-6(2)10-7(3)9-8(5)11-13(4)12-9;1-5-6(2)8-9(10-7(5)3)12-13(4)11-8;1-5-6(2)11(3)8-7(5)9-12(4)10-8;2*1-4-6-7(9-5(2)8-4)11-12(3)10-6;1-4-5(2)9-7-6(8-4)10-12(3)11-7;2*1-4-5(2)11-7-6(4)8-10(3)9-7/h1-7H3;6-9H,1-5H3;2*1-4H3;1-4H3;3*1-3H3;2*1-3H3. The summed E-state index contributed by atoms with van der Waals surface area (Å²) in [5.41, 5.74) is 39.6. The molecule has 18 aromatic heterocycles. The molecular weight excluding hydrogens is 1660 g/mol. The topological polar surface area (TPSA) is 428 Å². The second kappa shape index (κ2) is 37.9. The number of thiophene rings is 1. The molecule has 40 nitrogen and oxygen atoms in total. The van der Waals surface area contributed by atoms with E-state index in [0.717, 1.165) is 140 Å². The van der Waals surface area contributed by atoms with Crippen molar-refractivity contribution >= 4 is 122 Å². The number of hydrogen-bond acceptors (Lipinski definition) is 30. The van der Waals surface area contributed by atoms with Crippen LogP contribution in [0.4, 0.5) is 0 Å². The zero-order valence-electron chi connectivity index (χ0n) is 82.6. The van der Waals surface area contributed by atoms with Crippen LogP contribution >= 0.6 is 11.3 Å². The van der Waals surface area contributed by atoms with Crippen LogP contribution in [0.15, 0.2) is 4.42 Å². The van der Waals surface area contributed by atoms with Gasteiger partial charge in [0.1, 0.15) is 56.0 Å². The Morgan fingerprint density at radius 2 is 0.600 bits per heavy atom. The molecule has 41 heteroatoms. The Balaban J connectivity index is 0.000000131. The largest absolute Gasteiger partial charge is 0.440 e. The van der Waals surface area contributed by atoms with E-state index in [1.54, 1.807) is 68.3 Å². The SMILES string of the molecule is CC1c2nn(C)nc2C(C)C(C)C1C.Cc1c(C)c(C)c2c(c1C)c(C)c(C)c1nn(C)nc12.Cc1c(C)n(C)c2nn(C)nc12.Cc1nc(C)c2nn(C)nc2c1C.Cc1nc(C)c2nn(C)nc2n1.Cc1nc(C)c2nn(C)nc2n1.Cc1nc2nn(C)nc2c(C)c1C.Cc1nc2nn(C)nc2nc1C.Cc1oc2nn(C)nc2c1C.Cc1sc2nn(C)nc2c1C. The van der Waals surface area contributed by atoms with Crippen molar-refractivity contribution in [2.24, 2.45) is 89.4 Å². The zero-order chi connectivity index (χ0) is 95.4. The molecule has 0 N–H and O–H groups in total. The number of aryl methyl sites for hydroxylation is 31. The van der Waals surface area contributed by atoms with E-state index < -0.39 is 0 Å². The maximum absolute atomic E-state index is 5.33. The summed E-state index contributed by atoms with van der Waals surface area (Å²) < 4.78 is 7.39. The summed E-state index contributed by atoms with van der Waals surface area (Å²) in [6.45, 7) is 58.0. The van der Waals surface area contributed by atoms with E-state index in [1.165, 1.54) is 108 Å². The number of hydrogen-bond donors (Lipinski definition) is 0. The molecule has 0 aliphatic heterocycles. The summed E-state index contributed by atoms with van der Waals surface area (Å²) in [7, 11) is 20.2. The predicted molar refractivity (Wildman–Crippen MR) is 505 cm³/mol. The lowest BCUT2D eigenvalue weighted by Crippen LogP contribution is -2.27. The predicted octanol–water partition coefficient (Wildman–Crippen LogP) is 13.7. The van der Waals surface area contributed by atoms with Gasteiger partial charge in [0, 0.05) is 128 Å². The highest BCUT2D eigenvalue weighted by Gasteiger charge is 2.37. The maximum Gasteiger partial charge on any atom is 0.266 e. The van der Waals surface area contributed by atoms with E-state index in [-0.39, 0.29) is 0 Å². The summed E-state index contributed by atoms with van der Waals surface area (Å²) >= 11 is 1.71. The molecule has 684 valence electrons. The Kier molecular flexibility index (Phi) is 27.8. The molecule has 1 aliphatic rings. The van der Waals surface area contributed by atoms with Crippen LogP contribution in [-0.4, -0.2) is 194 Å². The zero-order valence-corrected chi connectivity index (χ0v) is 83.4. The van der Waals surface area contributed by atoms with E-state index in [0.29, 0.717) is 52.0 Å². The van der Waals surface area contributed by atoms with Crippen molar-refractivity contribution in [2.45, 2.75) is 206 Å². The van der Waals surface area contributed by atoms with Crippen LogP contribution in [0.2, 0.25) is 0 Å². The Hall–Kier alpha value is -13.8. The first kappa shape index (κ1) is 95.3. The quantitative estimate of drug-likeness (QED) is 0.136. The van der Waals surface area contributed by atoms with Crippen molar-refractivity contribution in [1.29, 1.82) is 0 Å². The number of furan rings is 1. The molecule has 18 heterocycles. The highest BCUT2D eigenvalue weighted by molar-refractivity contribution is 7.18. The summed E-state index contributed by atoms with van der Waals surface area (Å²) in [6, 6.07) is 0. The normalized spacial score (nSPS) is 14.0. The van der Waals surface area contributed by atoms with Crippen LogP contribution < -0.4 is 0 Å². The van der Waals surface area contributed by atoms with E-state index >= 15 is 0 Å². The summed E-state index contributed by atoms with van der Waals surface area (Å²) in [4.78, 5) is 52.0. The van der Waals surface area contributed by atoms with Crippen molar-refractivity contribution in [1.82, 2.24) is 194 Å². The lowest BCUT2D eigenvalue weighted by Gasteiger charge is -2.34. The van der Waals surface area contributed by atoms with Crippen molar-refractivity contribution in [3.05, 3.63) is 146 Å². The van der Waals surface area contributed by atoms with Crippen molar-refractivity contribution < 1.29 is 4.42 Å². The molecular formula is C89H121N39OS. The molecule has 0 saturated carbocycles. The molecule has 130 heavy (non-hydrogen) atoms. The van der Waals surface area contributed by atoms with E-state index in [1.807, 2.05) is 132 Å². The Morgan fingerprint density at radius 1 is 0.238 bits per heavy atom. The smallest absolute Gasteiger partial charge is 0.266 e. The van der Waals surface area contributed by atoms with Gasteiger partial charge in [0.2, 0.25) is 28.2 Å². The lowest BCUT2D eigenvalue weighted by molar-refractivity contribution is 0.267. The Morgan fingerprint density at radius 3 is 1.11 bits per heavy atom. The summed E-state index contributed by atoms with van der Waals surface area (Å²) in [5, 5.41) is 87.5. The van der Waals surface area contributed by atoms with Gasteiger partial charge in [-0.15, -0.1) is 67.4 Å². The third-order valence-corrected chi connectivity index (χ3v) is 25.8. The number of rotatable bonds is 0. The van der Waals surface area contributed by atoms with Gasteiger partial charge in [-0.2, -0.15) is 93.9 Å². The molecule has 0 bridgehead atoms. The Bertz CT molecular complexity index is 7340. The van der Waals surface area contributed by atoms with Crippen molar-refractivity contribution in [3.63, 3.8) is 0 Å². The minimum Gasteiger partial charge on any atom is -0.440 e. The molecule has 1 aliphatic carbocycles. The van der Waals surface area contributed by atoms with Crippen molar-refractivity contribution in [3.8, 4) is 0 Å². The highest BCUT2D eigenvalue weighted by atomic mass is 32.1. The summed E-state index contributed by atoms with van der Waals surface area (Å²) in [5.74, 6) is 4.87. The molecule has 0 fully saturated rings. The molecule has 21 rings (SSSR count). The average Bonchev–Trinajstić information content (AvgIpc) is 1.27. The van der Waals surface area contributed by atoms with Gasteiger partial charge in [-0.1, -0.05) is 27.7 Å². The van der Waals surface area contributed by atoms with Gasteiger partial charge in [0.05, 0.1) is 39.9 Å². The van der Waals surface area contributed by atoms with E-state index in [9.17, 15) is 0 Å². The van der Waals surface area contributed by atoms with Crippen LogP contribution in [0.3, 0.4) is 0 Å². The third kappa shape index (κ3) is 19.5. The van der Waals surface area contributed by atoms with Gasteiger partial charge in [-0.25, -0.2) is 34.9 Å². The van der Waals surface area contributed by atoms with Crippen LogP contribution in [0.25, 0.3) is 110 Å². The molecule has 0 spiro atoms. The average molecular weight is 1790 g/mol. The fraction of sp³-hybridized carbons (Fsp3) is 0.483. The molecule has 4 atom stereocenters. The van der Waals surface area contributed by atoms with Gasteiger partial charge in [-0.05, 0) is 239 Å². The monoisotopic (exact) mass is 1780 g/mol. The number of nitrogens with zero attached hydrogens (tertiary/aromatic N) is 39. The van der Waals surface area contributed by atoms with Gasteiger partial charge in [0.25, 0.3) is 5.71 Å². The number of fused-ring (bicyclic) bond motifs is 12. The number of aromatic nitrogens is 39. The first-order chi connectivity index (χ1) is 61.0. The molecule has 0 amide bonds. The van der Waals surface area contributed by atoms with Gasteiger partial charge in [0.15, 0.2) is 27.0 Å². The van der Waals surface area contributed by atoms with Gasteiger partial charge in [-0.3, -0.25) is 4.98 Å². The number of benzene rings is 2. The van der Waals surface area contributed by atoms with Crippen LogP contribution in [-0.2, 0) is 77.5 Å². The summed E-state index contributed by atoms with van der Waals surface area (Å²) in [6.07, 6.45) is 0. The highest BCUT2D eigenvalue weighted by Crippen LogP contribution is 2.44. The minimum absolute atomic E-state index is 0.546. The van der Waals surface area contributed by atoms with Crippen LogP contribution in [0, 0.1) is 178 Å². The van der Waals surface area contributed by atoms with Crippen LogP contribution in [0.5, 0.6) is 0 Å². The first-order valence-corrected chi connectivity index (χ1v) is 43.7. The fourth-order valence-electron chi connectivity index (χ4n) is 15.6. The van der Waals surface area contributed by atoms with Gasteiger partial charge >= 0.3 is 0 Å². The molecule has 20 aromatic rings. The third-order valence-electron chi connectivity index (χ3n) is 24.8. The van der Waals surface area contributed by atoms with Crippen molar-refractivity contribution in [2.75, 3.05) is 0 Å². The maximum atomic E-state index is 5.33. The second-order valence-corrected chi connectivity index (χ2v) is 35.0. The first-order valence-electron chi connectivity index (χ1n) is 42.9.